The normalized spacial score (nSPS) is 16.2. The van der Waals surface area contributed by atoms with Gasteiger partial charge in [-0.3, -0.25) is 9.58 Å². The van der Waals surface area contributed by atoms with Gasteiger partial charge in [0.05, 0.1) is 18.8 Å². The van der Waals surface area contributed by atoms with Crippen molar-refractivity contribution in [1.29, 1.82) is 0 Å². The van der Waals surface area contributed by atoms with Crippen LogP contribution in [0.3, 0.4) is 0 Å². The van der Waals surface area contributed by atoms with Crippen LogP contribution in [0.2, 0.25) is 0 Å². The number of amides is 2. The number of ether oxygens (including phenoxy) is 1. The van der Waals surface area contributed by atoms with E-state index in [1.807, 2.05) is 40.9 Å². The third-order valence-corrected chi connectivity index (χ3v) is 5.17. The fraction of sp³-hybridized carbons (Fsp3) is 0.500. The van der Waals surface area contributed by atoms with Gasteiger partial charge in [-0.25, -0.2) is 4.79 Å². The summed E-state index contributed by atoms with van der Waals surface area (Å²) >= 11 is 0. The number of aromatic nitrogens is 2. The summed E-state index contributed by atoms with van der Waals surface area (Å²) in [6, 6.07) is 10.0. The molecule has 27 heavy (non-hydrogen) atoms. The molecule has 1 aliphatic heterocycles. The van der Waals surface area contributed by atoms with E-state index in [9.17, 15) is 4.79 Å². The van der Waals surface area contributed by atoms with Crippen molar-refractivity contribution in [3.05, 3.63) is 47.8 Å². The maximum Gasteiger partial charge on any atom is 0.318 e. The SMILES string of the molecule is CC[C@@H](NC(=O)N1CCN(Cc2ccccc2OC)CC1)c1ccnn1C. The molecule has 2 heterocycles. The van der Waals surface area contributed by atoms with E-state index < -0.39 is 0 Å². The number of para-hydroxylation sites is 1. The molecule has 0 unspecified atom stereocenters. The number of carbonyl (C=O) groups is 1. The molecule has 146 valence electrons. The number of benzene rings is 1. The van der Waals surface area contributed by atoms with Crippen molar-refractivity contribution in [3.8, 4) is 5.75 Å². The van der Waals surface area contributed by atoms with Crippen molar-refractivity contribution in [3.63, 3.8) is 0 Å². The summed E-state index contributed by atoms with van der Waals surface area (Å²) in [4.78, 5) is 16.9. The first-order valence-corrected chi connectivity index (χ1v) is 9.50. The molecule has 1 aromatic heterocycles. The fourth-order valence-corrected chi connectivity index (χ4v) is 3.53. The second kappa shape index (κ2) is 8.90. The molecule has 0 spiro atoms. The van der Waals surface area contributed by atoms with Gasteiger partial charge >= 0.3 is 6.03 Å². The molecular weight excluding hydrogens is 342 g/mol. The van der Waals surface area contributed by atoms with E-state index in [0.29, 0.717) is 0 Å². The summed E-state index contributed by atoms with van der Waals surface area (Å²) in [5.41, 5.74) is 2.21. The Morgan fingerprint density at radius 3 is 2.59 bits per heavy atom. The minimum absolute atomic E-state index is 0.00000772. The first-order valence-electron chi connectivity index (χ1n) is 9.50. The number of nitrogens with one attached hydrogen (secondary N) is 1. The lowest BCUT2D eigenvalue weighted by Gasteiger charge is -2.35. The Morgan fingerprint density at radius 1 is 1.22 bits per heavy atom. The smallest absolute Gasteiger partial charge is 0.318 e. The highest BCUT2D eigenvalue weighted by atomic mass is 16.5. The van der Waals surface area contributed by atoms with E-state index in [0.717, 1.165) is 50.6 Å². The zero-order valence-electron chi connectivity index (χ0n) is 16.4. The molecule has 7 nitrogen and oxygen atoms in total. The number of piperazine rings is 1. The van der Waals surface area contributed by atoms with Crippen molar-refractivity contribution >= 4 is 6.03 Å². The van der Waals surface area contributed by atoms with E-state index in [-0.39, 0.29) is 12.1 Å². The van der Waals surface area contributed by atoms with Gasteiger partial charge in [0, 0.05) is 51.5 Å². The number of methoxy groups -OCH3 is 1. The molecule has 7 heteroatoms. The summed E-state index contributed by atoms with van der Waals surface area (Å²) < 4.78 is 7.26. The first-order chi connectivity index (χ1) is 13.1. The van der Waals surface area contributed by atoms with Crippen LogP contribution < -0.4 is 10.1 Å². The molecule has 1 fully saturated rings. The van der Waals surface area contributed by atoms with E-state index in [4.69, 9.17) is 4.74 Å². The highest BCUT2D eigenvalue weighted by molar-refractivity contribution is 5.74. The number of rotatable bonds is 6. The van der Waals surface area contributed by atoms with Crippen molar-refractivity contribution < 1.29 is 9.53 Å². The van der Waals surface area contributed by atoms with Crippen molar-refractivity contribution in [2.75, 3.05) is 33.3 Å². The van der Waals surface area contributed by atoms with Crippen LogP contribution in [0.25, 0.3) is 0 Å². The molecule has 1 N–H and O–H groups in total. The molecule has 1 aromatic carbocycles. The summed E-state index contributed by atoms with van der Waals surface area (Å²) in [6.07, 6.45) is 2.60. The summed E-state index contributed by atoms with van der Waals surface area (Å²) in [7, 11) is 3.61. The van der Waals surface area contributed by atoms with Crippen LogP contribution in [-0.2, 0) is 13.6 Å². The van der Waals surface area contributed by atoms with Gasteiger partial charge in [0.15, 0.2) is 0 Å². The van der Waals surface area contributed by atoms with Gasteiger partial charge in [-0.15, -0.1) is 0 Å². The summed E-state index contributed by atoms with van der Waals surface area (Å²) in [5.74, 6) is 0.916. The van der Waals surface area contributed by atoms with Gasteiger partial charge in [0.1, 0.15) is 5.75 Å². The van der Waals surface area contributed by atoms with E-state index in [1.165, 1.54) is 5.56 Å². The zero-order chi connectivity index (χ0) is 19.2. The largest absolute Gasteiger partial charge is 0.496 e. The molecule has 2 amide bonds. The zero-order valence-corrected chi connectivity index (χ0v) is 16.4. The van der Waals surface area contributed by atoms with Gasteiger partial charge in [0.2, 0.25) is 0 Å². The molecule has 0 aliphatic carbocycles. The lowest BCUT2D eigenvalue weighted by molar-refractivity contribution is 0.132. The average molecular weight is 371 g/mol. The number of carbonyl (C=O) groups excluding carboxylic acids is 1. The standard InChI is InChI=1S/C20H29N5O2/c1-4-17(18-9-10-21-23(18)2)22-20(26)25-13-11-24(12-14-25)15-16-7-5-6-8-19(16)27-3/h5-10,17H,4,11-15H2,1-3H3,(H,22,26)/t17-/m1/s1. The van der Waals surface area contributed by atoms with Gasteiger partial charge in [-0.2, -0.15) is 5.10 Å². The molecule has 1 atom stereocenters. The first kappa shape index (κ1) is 19.2. The molecular formula is C20H29N5O2. The predicted molar refractivity (Wildman–Crippen MR) is 105 cm³/mol. The van der Waals surface area contributed by atoms with Crippen molar-refractivity contribution in [2.45, 2.75) is 25.9 Å². The highest BCUT2D eigenvalue weighted by Gasteiger charge is 2.24. The van der Waals surface area contributed by atoms with Crippen LogP contribution in [0.15, 0.2) is 36.5 Å². The number of hydrogen-bond acceptors (Lipinski definition) is 4. The van der Waals surface area contributed by atoms with Crippen LogP contribution in [0.4, 0.5) is 4.79 Å². The topological polar surface area (TPSA) is 62.6 Å². The highest BCUT2D eigenvalue weighted by Crippen LogP contribution is 2.20. The Kier molecular flexibility index (Phi) is 6.34. The Bertz CT molecular complexity index is 752. The second-order valence-corrected chi connectivity index (χ2v) is 6.87. The third kappa shape index (κ3) is 4.60. The number of aryl methyl sites for hydroxylation is 1. The maximum atomic E-state index is 12.7. The van der Waals surface area contributed by atoms with E-state index >= 15 is 0 Å². The van der Waals surface area contributed by atoms with Crippen LogP contribution in [-0.4, -0.2) is 58.9 Å². The molecule has 1 saturated heterocycles. The lowest BCUT2D eigenvalue weighted by Crippen LogP contribution is -2.52. The molecule has 0 bridgehead atoms. The number of nitrogens with zero attached hydrogens (tertiary/aromatic N) is 4. The van der Waals surface area contributed by atoms with Gasteiger partial charge in [-0.05, 0) is 18.6 Å². The summed E-state index contributed by atoms with van der Waals surface area (Å²) in [5, 5.41) is 7.35. The average Bonchev–Trinajstić information content (AvgIpc) is 3.12. The monoisotopic (exact) mass is 371 g/mol. The Balaban J connectivity index is 1.52. The van der Waals surface area contributed by atoms with Gasteiger partial charge in [0.25, 0.3) is 0 Å². The lowest BCUT2D eigenvalue weighted by atomic mass is 10.1. The Hall–Kier alpha value is -2.54. The summed E-state index contributed by atoms with van der Waals surface area (Å²) in [6.45, 7) is 6.07. The molecule has 2 aromatic rings. The quantitative estimate of drug-likeness (QED) is 0.847. The molecule has 1 aliphatic rings. The maximum absolute atomic E-state index is 12.7. The van der Waals surface area contributed by atoms with E-state index in [2.05, 4.69) is 28.3 Å². The van der Waals surface area contributed by atoms with Crippen LogP contribution in [0.1, 0.15) is 30.6 Å². The minimum atomic E-state index is -0.0170. The molecule has 3 rings (SSSR count). The van der Waals surface area contributed by atoms with Crippen molar-refractivity contribution in [1.82, 2.24) is 24.9 Å². The number of urea groups is 1. The van der Waals surface area contributed by atoms with Crippen LogP contribution >= 0.6 is 0 Å². The second-order valence-electron chi connectivity index (χ2n) is 6.87. The van der Waals surface area contributed by atoms with Crippen molar-refractivity contribution in [2.24, 2.45) is 7.05 Å². The molecule has 0 radical (unpaired) electrons. The number of hydrogen-bond donors (Lipinski definition) is 1. The minimum Gasteiger partial charge on any atom is -0.496 e. The fourth-order valence-electron chi connectivity index (χ4n) is 3.53. The Labute approximate surface area is 160 Å². The molecule has 0 saturated carbocycles. The van der Waals surface area contributed by atoms with E-state index in [1.54, 1.807) is 13.3 Å². The predicted octanol–water partition coefficient (Wildman–Crippen LogP) is 2.41. The van der Waals surface area contributed by atoms with Crippen LogP contribution in [0, 0.1) is 0 Å². The van der Waals surface area contributed by atoms with Crippen LogP contribution in [0.5, 0.6) is 5.75 Å². The third-order valence-electron chi connectivity index (χ3n) is 5.17. The van der Waals surface area contributed by atoms with Gasteiger partial charge in [-0.1, -0.05) is 25.1 Å². The Morgan fingerprint density at radius 2 is 1.96 bits per heavy atom. The van der Waals surface area contributed by atoms with Gasteiger partial charge < -0.3 is 15.0 Å².